The molecule has 0 fully saturated rings. The molecular formula is C26H29N3O4S. The first-order valence-corrected chi connectivity index (χ1v) is 12.2. The molecule has 2 heterocycles. The lowest BCUT2D eigenvalue weighted by molar-refractivity contribution is -0.385. The molecule has 8 heteroatoms. The van der Waals surface area contributed by atoms with Crippen LogP contribution in [0.5, 0.6) is 0 Å². The zero-order chi connectivity index (χ0) is 24.5. The zero-order valence-electron chi connectivity index (χ0n) is 19.9. The minimum atomic E-state index is -0.392. The minimum absolute atomic E-state index is 0.0545. The van der Waals surface area contributed by atoms with Crippen molar-refractivity contribution >= 4 is 34.1 Å². The first kappa shape index (κ1) is 23.9. The van der Waals surface area contributed by atoms with Gasteiger partial charge < -0.3 is 9.73 Å². The van der Waals surface area contributed by atoms with E-state index in [9.17, 15) is 14.9 Å². The summed E-state index contributed by atoms with van der Waals surface area (Å²) < 4.78 is 5.34. The van der Waals surface area contributed by atoms with Gasteiger partial charge in [-0.2, -0.15) is 0 Å². The van der Waals surface area contributed by atoms with Crippen molar-refractivity contribution in [2.45, 2.75) is 53.5 Å². The van der Waals surface area contributed by atoms with Crippen LogP contribution in [-0.2, 0) is 19.4 Å². The van der Waals surface area contributed by atoms with Gasteiger partial charge in [0.2, 0.25) is 0 Å². The van der Waals surface area contributed by atoms with Gasteiger partial charge in [-0.05, 0) is 60.8 Å². The molecule has 34 heavy (non-hydrogen) atoms. The Balaban J connectivity index is 1.67. The average Bonchev–Trinajstić information content (AvgIpc) is 3.43. The van der Waals surface area contributed by atoms with Gasteiger partial charge in [0.1, 0.15) is 10.8 Å². The van der Waals surface area contributed by atoms with Crippen molar-refractivity contribution in [3.63, 3.8) is 0 Å². The molecule has 1 atom stereocenters. The number of amides is 1. The zero-order valence-corrected chi connectivity index (χ0v) is 20.7. The number of fused-ring (bicyclic) bond motifs is 1. The van der Waals surface area contributed by atoms with Crippen LogP contribution in [0.3, 0.4) is 0 Å². The lowest BCUT2D eigenvalue weighted by Gasteiger charge is -2.33. The number of thiophene rings is 1. The van der Waals surface area contributed by atoms with E-state index < -0.39 is 4.92 Å². The van der Waals surface area contributed by atoms with E-state index in [0.717, 1.165) is 24.8 Å². The number of nitrogens with zero attached hydrogens (tertiary/aromatic N) is 2. The SMILES string of the molecule is Cc1ccc(C=Nc2sc3c(c2C(=O)NCc2ccco2)CC[C@H](C(C)(C)C)C3)cc1[N+](=O)[O-]. The number of nitro benzene ring substituents is 1. The van der Waals surface area contributed by atoms with E-state index in [0.29, 0.717) is 39.9 Å². The monoisotopic (exact) mass is 479 g/mol. The second-order valence-electron chi connectivity index (χ2n) is 9.81. The third-order valence-corrected chi connectivity index (χ3v) is 7.62. The molecule has 1 amide bonds. The summed E-state index contributed by atoms with van der Waals surface area (Å²) in [5.74, 6) is 1.04. The van der Waals surface area contributed by atoms with Crippen LogP contribution < -0.4 is 5.32 Å². The number of carbonyl (C=O) groups excluding carboxylic acids is 1. The number of carbonyl (C=O) groups is 1. The molecule has 1 N–H and O–H groups in total. The molecule has 7 nitrogen and oxygen atoms in total. The molecule has 3 aromatic rings. The van der Waals surface area contributed by atoms with Crippen molar-refractivity contribution in [3.05, 3.63) is 79.6 Å². The summed E-state index contributed by atoms with van der Waals surface area (Å²) in [5, 5.41) is 14.9. The van der Waals surface area contributed by atoms with E-state index in [1.165, 1.54) is 10.9 Å². The number of benzene rings is 1. The number of hydrogen-bond acceptors (Lipinski definition) is 6. The summed E-state index contributed by atoms with van der Waals surface area (Å²) in [6, 6.07) is 8.63. The highest BCUT2D eigenvalue weighted by Gasteiger charge is 2.33. The van der Waals surface area contributed by atoms with E-state index in [4.69, 9.17) is 4.42 Å². The number of nitrogens with one attached hydrogen (secondary N) is 1. The van der Waals surface area contributed by atoms with Gasteiger partial charge in [0.25, 0.3) is 11.6 Å². The molecule has 0 saturated carbocycles. The van der Waals surface area contributed by atoms with Gasteiger partial charge in [0, 0.05) is 22.7 Å². The van der Waals surface area contributed by atoms with E-state index in [1.807, 2.05) is 6.07 Å². The molecule has 1 aliphatic rings. The number of nitro groups is 1. The highest BCUT2D eigenvalue weighted by Crippen LogP contribution is 2.45. The van der Waals surface area contributed by atoms with Crippen molar-refractivity contribution in [3.8, 4) is 0 Å². The van der Waals surface area contributed by atoms with Gasteiger partial charge in [0.15, 0.2) is 0 Å². The van der Waals surface area contributed by atoms with E-state index in [-0.39, 0.29) is 17.0 Å². The second kappa shape index (κ2) is 9.54. The van der Waals surface area contributed by atoms with E-state index >= 15 is 0 Å². The van der Waals surface area contributed by atoms with E-state index in [2.05, 4.69) is 31.1 Å². The lowest BCUT2D eigenvalue weighted by atomic mass is 9.72. The molecule has 1 aromatic carbocycles. The van der Waals surface area contributed by atoms with Crippen LogP contribution in [0.2, 0.25) is 0 Å². The van der Waals surface area contributed by atoms with Crippen LogP contribution in [0, 0.1) is 28.4 Å². The maximum atomic E-state index is 13.3. The van der Waals surface area contributed by atoms with Gasteiger partial charge in [-0.25, -0.2) is 4.99 Å². The van der Waals surface area contributed by atoms with Crippen LogP contribution >= 0.6 is 11.3 Å². The van der Waals surface area contributed by atoms with Crippen LogP contribution in [0.15, 0.2) is 46.0 Å². The highest BCUT2D eigenvalue weighted by atomic mass is 32.1. The fraction of sp³-hybridized carbons (Fsp3) is 0.385. The number of hydrogen-bond donors (Lipinski definition) is 1. The number of furan rings is 1. The second-order valence-corrected chi connectivity index (χ2v) is 10.9. The standard InChI is InChI=1S/C26H29N3O4S/c1-16-7-8-17(12-21(16)29(31)32)14-28-25-23(24(30)27-15-19-6-5-11-33-19)20-10-9-18(26(2,3)4)13-22(20)34-25/h5-8,11-12,14,18H,9-10,13,15H2,1-4H3,(H,27,30)/t18-/m0/s1. The Kier molecular flexibility index (Phi) is 6.70. The minimum Gasteiger partial charge on any atom is -0.467 e. The summed E-state index contributed by atoms with van der Waals surface area (Å²) in [6.45, 7) is 8.79. The Hall–Kier alpha value is -3.26. The smallest absolute Gasteiger partial charge is 0.272 e. The first-order chi connectivity index (χ1) is 16.1. The van der Waals surface area contributed by atoms with Crippen molar-refractivity contribution in [2.75, 3.05) is 0 Å². The Morgan fingerprint density at radius 3 is 2.82 bits per heavy atom. The molecule has 178 valence electrons. The molecule has 0 spiro atoms. The highest BCUT2D eigenvalue weighted by molar-refractivity contribution is 7.16. The van der Waals surface area contributed by atoms with Crippen molar-refractivity contribution in [1.82, 2.24) is 5.32 Å². The molecule has 0 aliphatic heterocycles. The number of aryl methyl sites for hydroxylation is 1. The molecular weight excluding hydrogens is 450 g/mol. The Bertz CT molecular complexity index is 1240. The molecule has 0 bridgehead atoms. The Morgan fingerprint density at radius 1 is 1.35 bits per heavy atom. The van der Waals surface area contributed by atoms with Gasteiger partial charge in [0.05, 0.1) is 23.3 Å². The quantitative estimate of drug-likeness (QED) is 0.252. The largest absolute Gasteiger partial charge is 0.467 e. The first-order valence-electron chi connectivity index (χ1n) is 11.4. The maximum Gasteiger partial charge on any atom is 0.272 e. The predicted molar refractivity (Wildman–Crippen MR) is 134 cm³/mol. The maximum absolute atomic E-state index is 13.3. The third-order valence-electron chi connectivity index (χ3n) is 6.46. The third kappa shape index (κ3) is 5.12. The van der Waals surface area contributed by atoms with Gasteiger partial charge in [-0.15, -0.1) is 11.3 Å². The molecule has 2 aromatic heterocycles. The molecule has 0 saturated heterocycles. The van der Waals surface area contributed by atoms with Gasteiger partial charge in [-0.3, -0.25) is 14.9 Å². The van der Waals surface area contributed by atoms with E-state index in [1.54, 1.807) is 48.9 Å². The number of rotatable bonds is 6. The normalized spacial score (nSPS) is 15.9. The summed E-state index contributed by atoms with van der Waals surface area (Å²) in [6.07, 6.45) is 5.97. The van der Waals surface area contributed by atoms with Crippen LogP contribution in [-0.4, -0.2) is 17.0 Å². The Morgan fingerprint density at radius 2 is 2.15 bits per heavy atom. The van der Waals surface area contributed by atoms with Gasteiger partial charge in [-0.1, -0.05) is 32.9 Å². The van der Waals surface area contributed by atoms with Crippen molar-refractivity contribution in [2.24, 2.45) is 16.3 Å². The predicted octanol–water partition coefficient (Wildman–Crippen LogP) is 6.39. The summed E-state index contributed by atoms with van der Waals surface area (Å²) in [4.78, 5) is 30.0. The molecule has 0 unspecified atom stereocenters. The number of aliphatic imine (C=N–C) groups is 1. The Labute approximate surface area is 203 Å². The summed E-state index contributed by atoms with van der Waals surface area (Å²) >= 11 is 1.55. The van der Waals surface area contributed by atoms with Crippen LogP contribution in [0.25, 0.3) is 0 Å². The van der Waals surface area contributed by atoms with Gasteiger partial charge >= 0.3 is 0 Å². The molecule has 0 radical (unpaired) electrons. The summed E-state index contributed by atoms with van der Waals surface area (Å²) in [7, 11) is 0. The fourth-order valence-electron chi connectivity index (χ4n) is 4.34. The average molecular weight is 480 g/mol. The fourth-order valence-corrected chi connectivity index (χ4v) is 5.61. The van der Waals surface area contributed by atoms with Crippen LogP contribution in [0.1, 0.15) is 64.9 Å². The lowest BCUT2D eigenvalue weighted by Crippen LogP contribution is -2.28. The molecule has 4 rings (SSSR count). The van der Waals surface area contributed by atoms with Crippen molar-refractivity contribution in [1.29, 1.82) is 0 Å². The summed E-state index contributed by atoms with van der Waals surface area (Å²) in [5.41, 5.74) is 3.14. The van der Waals surface area contributed by atoms with Crippen LogP contribution in [0.4, 0.5) is 10.7 Å². The molecule has 1 aliphatic carbocycles. The van der Waals surface area contributed by atoms with Crippen molar-refractivity contribution < 1.29 is 14.1 Å². The topological polar surface area (TPSA) is 97.7 Å².